The Morgan fingerprint density at radius 1 is 1.35 bits per heavy atom. The highest BCUT2D eigenvalue weighted by Crippen LogP contribution is 2.12. The van der Waals surface area contributed by atoms with Crippen LogP contribution in [-0.4, -0.2) is 35.7 Å². The van der Waals surface area contributed by atoms with Gasteiger partial charge in [0.1, 0.15) is 11.8 Å². The van der Waals surface area contributed by atoms with Gasteiger partial charge in [0, 0.05) is 6.42 Å². The van der Waals surface area contributed by atoms with Crippen molar-refractivity contribution >= 4 is 11.9 Å². The first-order chi connectivity index (χ1) is 9.43. The number of nitrogens with two attached hydrogens (primary N) is 1. The Morgan fingerprint density at radius 2 is 1.95 bits per heavy atom. The maximum Gasteiger partial charge on any atom is 0.328 e. The maximum atomic E-state index is 11.8. The number of phenols is 1. The molecule has 0 unspecified atom stereocenters. The van der Waals surface area contributed by atoms with Crippen molar-refractivity contribution in [1.82, 2.24) is 5.32 Å². The predicted molar refractivity (Wildman–Crippen MR) is 74.0 cm³/mol. The number of carbonyl (C=O) groups is 2. The summed E-state index contributed by atoms with van der Waals surface area (Å²) in [5, 5.41) is 11.8. The van der Waals surface area contributed by atoms with E-state index in [0.717, 1.165) is 5.56 Å². The number of benzene rings is 1. The molecule has 0 heterocycles. The Morgan fingerprint density at radius 3 is 2.45 bits per heavy atom. The molecule has 1 amide bonds. The molecule has 0 radical (unpaired) electrons. The van der Waals surface area contributed by atoms with Crippen molar-refractivity contribution in [2.75, 3.05) is 6.61 Å². The average Bonchev–Trinajstić information content (AvgIpc) is 2.40. The summed E-state index contributed by atoms with van der Waals surface area (Å²) in [7, 11) is 0. The number of hydrogen-bond donors (Lipinski definition) is 3. The molecule has 1 aromatic rings. The lowest BCUT2D eigenvalue weighted by atomic mass is 10.1. The van der Waals surface area contributed by atoms with Gasteiger partial charge in [0.15, 0.2) is 0 Å². The largest absolute Gasteiger partial charge is 0.508 e. The molecule has 6 heteroatoms. The van der Waals surface area contributed by atoms with Gasteiger partial charge in [-0.2, -0.15) is 0 Å². The standard InChI is InChI=1S/C14H20N2O4/c1-3-20-14(19)12(16-13(18)9(2)15)8-10-4-6-11(17)7-5-10/h4-7,9,12,17H,3,8,15H2,1-2H3,(H,16,18)/t9-,12-/m1/s1. The molecule has 20 heavy (non-hydrogen) atoms. The molecule has 0 bridgehead atoms. The van der Waals surface area contributed by atoms with Crippen LogP contribution in [0.1, 0.15) is 19.4 Å². The number of rotatable bonds is 6. The van der Waals surface area contributed by atoms with Crippen molar-refractivity contribution in [2.24, 2.45) is 5.73 Å². The summed E-state index contributed by atoms with van der Waals surface area (Å²) in [4.78, 5) is 23.5. The number of phenolic OH excluding ortho intramolecular Hbond substituents is 1. The summed E-state index contributed by atoms with van der Waals surface area (Å²) in [6.45, 7) is 3.47. The molecule has 110 valence electrons. The minimum atomic E-state index is -0.794. The van der Waals surface area contributed by atoms with Crippen molar-refractivity contribution in [3.8, 4) is 5.75 Å². The summed E-state index contributed by atoms with van der Waals surface area (Å²) < 4.78 is 4.94. The van der Waals surface area contributed by atoms with Gasteiger partial charge >= 0.3 is 5.97 Å². The quantitative estimate of drug-likeness (QED) is 0.652. The Hall–Kier alpha value is -2.08. The van der Waals surface area contributed by atoms with Crippen LogP contribution >= 0.6 is 0 Å². The molecule has 0 spiro atoms. The average molecular weight is 280 g/mol. The molecular formula is C14H20N2O4. The minimum absolute atomic E-state index is 0.140. The third kappa shape index (κ3) is 4.89. The van der Waals surface area contributed by atoms with Crippen LogP contribution in [0.2, 0.25) is 0 Å². The van der Waals surface area contributed by atoms with Crippen LogP contribution in [0.4, 0.5) is 0 Å². The number of aromatic hydroxyl groups is 1. The number of nitrogens with one attached hydrogen (secondary N) is 1. The van der Waals surface area contributed by atoms with Gasteiger partial charge in [-0.25, -0.2) is 4.79 Å². The first kappa shape index (κ1) is 16.0. The fraction of sp³-hybridized carbons (Fsp3) is 0.429. The monoisotopic (exact) mass is 280 g/mol. The first-order valence-electron chi connectivity index (χ1n) is 6.44. The van der Waals surface area contributed by atoms with Gasteiger partial charge in [0.25, 0.3) is 0 Å². The number of ether oxygens (including phenoxy) is 1. The molecule has 2 atom stereocenters. The zero-order valence-electron chi connectivity index (χ0n) is 11.6. The maximum absolute atomic E-state index is 11.8. The van der Waals surface area contributed by atoms with E-state index < -0.39 is 24.0 Å². The Balaban J connectivity index is 2.79. The highest BCUT2D eigenvalue weighted by molar-refractivity contribution is 5.87. The van der Waals surface area contributed by atoms with E-state index in [4.69, 9.17) is 10.5 Å². The molecule has 0 saturated carbocycles. The molecule has 0 fully saturated rings. The second kappa shape index (κ2) is 7.49. The lowest BCUT2D eigenvalue weighted by Crippen LogP contribution is -2.48. The van der Waals surface area contributed by atoms with Gasteiger partial charge in [-0.3, -0.25) is 4.79 Å². The summed E-state index contributed by atoms with van der Waals surface area (Å²) in [6.07, 6.45) is 0.275. The zero-order chi connectivity index (χ0) is 15.1. The second-order valence-electron chi connectivity index (χ2n) is 4.47. The van der Waals surface area contributed by atoms with E-state index in [-0.39, 0.29) is 18.8 Å². The third-order valence-corrected chi connectivity index (χ3v) is 2.68. The van der Waals surface area contributed by atoms with Gasteiger partial charge in [0.2, 0.25) is 5.91 Å². The van der Waals surface area contributed by atoms with E-state index in [1.54, 1.807) is 19.1 Å². The van der Waals surface area contributed by atoms with Crippen LogP contribution in [0.15, 0.2) is 24.3 Å². The summed E-state index contributed by atoms with van der Waals surface area (Å²) in [5.74, 6) is -0.780. The summed E-state index contributed by atoms with van der Waals surface area (Å²) in [6, 6.07) is 4.90. The highest BCUT2D eigenvalue weighted by Gasteiger charge is 2.23. The van der Waals surface area contributed by atoms with E-state index >= 15 is 0 Å². The van der Waals surface area contributed by atoms with Crippen molar-refractivity contribution in [3.63, 3.8) is 0 Å². The van der Waals surface area contributed by atoms with Gasteiger partial charge in [-0.1, -0.05) is 12.1 Å². The van der Waals surface area contributed by atoms with Crippen LogP contribution in [-0.2, 0) is 20.7 Å². The molecule has 0 saturated heterocycles. The smallest absolute Gasteiger partial charge is 0.328 e. The molecule has 4 N–H and O–H groups in total. The summed E-state index contributed by atoms with van der Waals surface area (Å²) >= 11 is 0. The SMILES string of the molecule is CCOC(=O)[C@@H](Cc1ccc(O)cc1)NC(=O)[C@@H](C)N. The third-order valence-electron chi connectivity index (χ3n) is 2.68. The zero-order valence-corrected chi connectivity index (χ0v) is 11.6. The molecule has 1 rings (SSSR count). The van der Waals surface area contributed by atoms with Gasteiger partial charge in [-0.05, 0) is 31.5 Å². The van der Waals surface area contributed by atoms with E-state index in [1.165, 1.54) is 19.1 Å². The van der Waals surface area contributed by atoms with Crippen LogP contribution in [0, 0.1) is 0 Å². The molecule has 0 aliphatic heterocycles. The molecule has 6 nitrogen and oxygen atoms in total. The van der Waals surface area contributed by atoms with Crippen molar-refractivity contribution in [3.05, 3.63) is 29.8 Å². The number of hydrogen-bond acceptors (Lipinski definition) is 5. The van der Waals surface area contributed by atoms with E-state index in [1.807, 2.05) is 0 Å². The molecule has 0 aliphatic carbocycles. The molecule has 0 aliphatic rings. The van der Waals surface area contributed by atoms with E-state index in [9.17, 15) is 14.7 Å². The fourth-order valence-electron chi connectivity index (χ4n) is 1.61. The lowest BCUT2D eigenvalue weighted by Gasteiger charge is -2.18. The van der Waals surface area contributed by atoms with Gasteiger partial charge < -0.3 is 20.9 Å². The van der Waals surface area contributed by atoms with Gasteiger partial charge in [-0.15, -0.1) is 0 Å². The number of amides is 1. The van der Waals surface area contributed by atoms with Crippen LogP contribution in [0.25, 0.3) is 0 Å². The number of esters is 1. The normalized spacial score (nSPS) is 13.3. The molecule has 1 aromatic carbocycles. The van der Waals surface area contributed by atoms with E-state index in [0.29, 0.717) is 0 Å². The summed E-state index contributed by atoms with van der Waals surface area (Å²) in [5.41, 5.74) is 6.27. The second-order valence-corrected chi connectivity index (χ2v) is 4.47. The van der Waals surface area contributed by atoms with Crippen LogP contribution < -0.4 is 11.1 Å². The predicted octanol–water partition coefficient (Wildman–Crippen LogP) is 0.330. The van der Waals surface area contributed by atoms with Crippen molar-refractivity contribution in [1.29, 1.82) is 0 Å². The van der Waals surface area contributed by atoms with Crippen molar-refractivity contribution < 1.29 is 19.4 Å². The Labute approximate surface area is 117 Å². The topological polar surface area (TPSA) is 102 Å². The van der Waals surface area contributed by atoms with Crippen molar-refractivity contribution in [2.45, 2.75) is 32.4 Å². The lowest BCUT2D eigenvalue weighted by molar-refractivity contribution is -0.147. The van der Waals surface area contributed by atoms with Gasteiger partial charge in [0.05, 0.1) is 12.6 Å². The fourth-order valence-corrected chi connectivity index (χ4v) is 1.61. The molecule has 0 aromatic heterocycles. The van der Waals surface area contributed by atoms with Crippen LogP contribution in [0.3, 0.4) is 0 Å². The Kier molecular flexibility index (Phi) is 5.99. The molecular weight excluding hydrogens is 260 g/mol. The highest BCUT2D eigenvalue weighted by atomic mass is 16.5. The number of carbonyl (C=O) groups excluding carboxylic acids is 2. The van der Waals surface area contributed by atoms with E-state index in [2.05, 4.69) is 5.32 Å². The first-order valence-corrected chi connectivity index (χ1v) is 6.44. The van der Waals surface area contributed by atoms with Crippen LogP contribution in [0.5, 0.6) is 5.75 Å². The Bertz CT molecular complexity index is 457. The minimum Gasteiger partial charge on any atom is -0.508 e.